The Kier molecular flexibility index (Phi) is 4.29. The fourth-order valence-electron chi connectivity index (χ4n) is 0.894. The molecule has 8 heteroatoms. The predicted octanol–water partition coefficient (Wildman–Crippen LogP) is 0.765. The second-order valence-electron chi connectivity index (χ2n) is 2.77. The maximum Gasteiger partial charge on any atom is 0.355 e. The number of nitrogens with one attached hydrogen (secondary N) is 1. The smallest absolute Gasteiger partial charge is 0.355 e. The first-order valence-corrected chi connectivity index (χ1v) is 5.12. The number of hydrogen-bond donors (Lipinski definition) is 2. The Morgan fingerprint density at radius 2 is 2.25 bits per heavy atom. The summed E-state index contributed by atoms with van der Waals surface area (Å²) in [6.07, 6.45) is -2.80. The summed E-state index contributed by atoms with van der Waals surface area (Å²) in [5.74, 6) is -2.48. The molecule has 0 unspecified atom stereocenters. The van der Waals surface area contributed by atoms with E-state index in [2.05, 4.69) is 4.98 Å². The van der Waals surface area contributed by atoms with Gasteiger partial charge in [0.2, 0.25) is 0 Å². The van der Waals surface area contributed by atoms with Crippen LogP contribution in [0.25, 0.3) is 0 Å². The zero-order valence-corrected chi connectivity index (χ0v) is 8.76. The van der Waals surface area contributed by atoms with Crippen LogP contribution >= 0.6 is 11.3 Å². The zero-order chi connectivity index (χ0) is 12.1. The molecule has 1 heterocycles. The summed E-state index contributed by atoms with van der Waals surface area (Å²) in [6, 6.07) is 0. The summed E-state index contributed by atoms with van der Waals surface area (Å²) >= 11 is 1.11. The summed E-state index contributed by atoms with van der Waals surface area (Å²) in [4.78, 5) is 24.7. The molecular weight excluding hydrogens is 242 g/mol. The number of carboxylic acid groups (broad SMARTS) is 1. The molecule has 0 saturated heterocycles. The molecule has 1 aromatic heterocycles. The number of carbonyl (C=O) groups excluding carboxylic acids is 1. The SMILES string of the molecule is O=C(O)c1csc(CCNC(=O)C(F)F)n1. The van der Waals surface area contributed by atoms with E-state index in [9.17, 15) is 18.4 Å². The van der Waals surface area contributed by atoms with Crippen LogP contribution in [0.4, 0.5) is 8.78 Å². The van der Waals surface area contributed by atoms with Crippen molar-refractivity contribution in [3.8, 4) is 0 Å². The van der Waals surface area contributed by atoms with E-state index in [1.807, 2.05) is 5.32 Å². The highest BCUT2D eigenvalue weighted by atomic mass is 32.1. The summed E-state index contributed by atoms with van der Waals surface area (Å²) in [7, 11) is 0. The molecule has 0 spiro atoms. The highest BCUT2D eigenvalue weighted by Gasteiger charge is 2.14. The second kappa shape index (κ2) is 5.50. The van der Waals surface area contributed by atoms with Crippen molar-refractivity contribution in [3.63, 3.8) is 0 Å². The van der Waals surface area contributed by atoms with Gasteiger partial charge in [0.15, 0.2) is 5.69 Å². The van der Waals surface area contributed by atoms with Crippen LogP contribution < -0.4 is 5.32 Å². The minimum atomic E-state index is -3.04. The van der Waals surface area contributed by atoms with Crippen molar-refractivity contribution >= 4 is 23.2 Å². The van der Waals surface area contributed by atoms with Crippen LogP contribution in [0.15, 0.2) is 5.38 Å². The fraction of sp³-hybridized carbons (Fsp3) is 0.375. The van der Waals surface area contributed by atoms with Gasteiger partial charge in [-0.1, -0.05) is 0 Å². The summed E-state index contributed by atoms with van der Waals surface area (Å²) in [5.41, 5.74) is -0.0832. The van der Waals surface area contributed by atoms with Crippen molar-refractivity contribution in [1.29, 1.82) is 0 Å². The molecule has 5 nitrogen and oxygen atoms in total. The maximum absolute atomic E-state index is 11.8. The van der Waals surface area contributed by atoms with Crippen molar-refractivity contribution < 1.29 is 23.5 Å². The van der Waals surface area contributed by atoms with Gasteiger partial charge in [0.05, 0.1) is 5.01 Å². The average molecular weight is 250 g/mol. The normalized spacial score (nSPS) is 10.4. The number of carboxylic acids is 1. The number of halogens is 2. The van der Waals surface area contributed by atoms with Crippen LogP contribution in [0.1, 0.15) is 15.5 Å². The Labute approximate surface area is 93.1 Å². The molecule has 2 N–H and O–H groups in total. The van der Waals surface area contributed by atoms with E-state index in [4.69, 9.17) is 5.11 Å². The number of carbonyl (C=O) groups is 2. The minimum Gasteiger partial charge on any atom is -0.476 e. The van der Waals surface area contributed by atoms with Crippen molar-refractivity contribution in [3.05, 3.63) is 16.1 Å². The molecule has 1 aromatic rings. The van der Waals surface area contributed by atoms with E-state index in [1.165, 1.54) is 5.38 Å². The van der Waals surface area contributed by atoms with Crippen molar-refractivity contribution in [2.75, 3.05) is 6.54 Å². The quantitative estimate of drug-likeness (QED) is 0.808. The third kappa shape index (κ3) is 3.54. The lowest BCUT2D eigenvalue weighted by atomic mass is 10.4. The first-order valence-electron chi connectivity index (χ1n) is 4.24. The van der Waals surface area contributed by atoms with Crippen LogP contribution in [0.2, 0.25) is 0 Å². The third-order valence-corrected chi connectivity index (χ3v) is 2.52. The van der Waals surface area contributed by atoms with E-state index >= 15 is 0 Å². The molecule has 0 bridgehead atoms. The molecule has 1 rings (SSSR count). The van der Waals surface area contributed by atoms with Gasteiger partial charge in [0.25, 0.3) is 5.91 Å². The number of aromatic carboxylic acids is 1. The van der Waals surface area contributed by atoms with Gasteiger partial charge in [-0.25, -0.2) is 9.78 Å². The molecule has 0 aliphatic carbocycles. The number of alkyl halides is 2. The average Bonchev–Trinajstić information content (AvgIpc) is 2.66. The number of rotatable bonds is 5. The number of nitrogens with zero attached hydrogens (tertiary/aromatic N) is 1. The lowest BCUT2D eigenvalue weighted by Crippen LogP contribution is -2.31. The van der Waals surface area contributed by atoms with Gasteiger partial charge < -0.3 is 10.4 Å². The first kappa shape index (κ1) is 12.5. The summed E-state index contributed by atoms with van der Waals surface area (Å²) in [5, 5.41) is 12.4. The van der Waals surface area contributed by atoms with Gasteiger partial charge in [-0.05, 0) is 0 Å². The van der Waals surface area contributed by atoms with Gasteiger partial charge in [-0.15, -0.1) is 11.3 Å². The highest BCUT2D eigenvalue weighted by Crippen LogP contribution is 2.09. The van der Waals surface area contributed by atoms with E-state index in [0.29, 0.717) is 5.01 Å². The molecule has 0 saturated carbocycles. The molecule has 0 aromatic carbocycles. The largest absolute Gasteiger partial charge is 0.476 e. The number of amides is 1. The van der Waals surface area contributed by atoms with E-state index < -0.39 is 18.3 Å². The van der Waals surface area contributed by atoms with Crippen molar-refractivity contribution in [2.24, 2.45) is 0 Å². The molecule has 0 aliphatic rings. The van der Waals surface area contributed by atoms with Crippen LogP contribution in [0.5, 0.6) is 0 Å². The second-order valence-corrected chi connectivity index (χ2v) is 3.72. The van der Waals surface area contributed by atoms with Crippen LogP contribution in [-0.4, -0.2) is 34.9 Å². The van der Waals surface area contributed by atoms with E-state index in [0.717, 1.165) is 11.3 Å². The van der Waals surface area contributed by atoms with Crippen LogP contribution in [0.3, 0.4) is 0 Å². The van der Waals surface area contributed by atoms with E-state index in [-0.39, 0.29) is 18.7 Å². The number of aromatic nitrogens is 1. The molecule has 0 aliphatic heterocycles. The minimum absolute atomic E-state index is 0.00967. The van der Waals surface area contributed by atoms with Crippen LogP contribution in [-0.2, 0) is 11.2 Å². The molecule has 0 atom stereocenters. The Hall–Kier alpha value is -1.57. The first-order chi connectivity index (χ1) is 7.50. The van der Waals surface area contributed by atoms with Gasteiger partial charge in [0, 0.05) is 18.3 Å². The van der Waals surface area contributed by atoms with E-state index in [1.54, 1.807) is 0 Å². The van der Waals surface area contributed by atoms with Gasteiger partial charge >= 0.3 is 12.4 Å². The molecule has 0 radical (unpaired) electrons. The lowest BCUT2D eigenvalue weighted by Gasteiger charge is -2.01. The predicted molar refractivity (Wildman–Crippen MR) is 51.8 cm³/mol. The monoisotopic (exact) mass is 250 g/mol. The number of thiazole rings is 1. The van der Waals surface area contributed by atoms with Gasteiger partial charge in [0.1, 0.15) is 0 Å². The Bertz CT molecular complexity index is 394. The lowest BCUT2D eigenvalue weighted by molar-refractivity contribution is -0.131. The van der Waals surface area contributed by atoms with Crippen molar-refractivity contribution in [2.45, 2.75) is 12.8 Å². The van der Waals surface area contributed by atoms with Crippen LogP contribution in [0, 0.1) is 0 Å². The Balaban J connectivity index is 2.37. The van der Waals surface area contributed by atoms with Gasteiger partial charge in [-0.2, -0.15) is 8.78 Å². The molecule has 88 valence electrons. The summed E-state index contributed by atoms with van der Waals surface area (Å²) < 4.78 is 23.5. The topological polar surface area (TPSA) is 79.3 Å². The Morgan fingerprint density at radius 1 is 1.56 bits per heavy atom. The molecule has 16 heavy (non-hydrogen) atoms. The zero-order valence-electron chi connectivity index (χ0n) is 7.94. The number of hydrogen-bond acceptors (Lipinski definition) is 4. The molecule has 0 fully saturated rings. The standard InChI is InChI=1S/C8H8F2N2O3S/c9-6(10)7(13)11-2-1-5-12-4(3-16-5)8(14)15/h3,6H,1-2H2,(H,11,13)(H,14,15). The Morgan fingerprint density at radius 3 is 2.75 bits per heavy atom. The molecular formula is C8H8F2N2O3S. The summed E-state index contributed by atoms with van der Waals surface area (Å²) in [6.45, 7) is 0.00967. The fourth-order valence-corrected chi connectivity index (χ4v) is 1.67. The van der Waals surface area contributed by atoms with Crippen molar-refractivity contribution in [1.82, 2.24) is 10.3 Å². The third-order valence-electron chi connectivity index (χ3n) is 1.61. The maximum atomic E-state index is 11.8. The van der Waals surface area contributed by atoms with Gasteiger partial charge in [-0.3, -0.25) is 4.79 Å². The highest BCUT2D eigenvalue weighted by molar-refractivity contribution is 7.09. The molecule has 1 amide bonds.